The summed E-state index contributed by atoms with van der Waals surface area (Å²) in [4.78, 5) is 24.9. The van der Waals surface area contributed by atoms with E-state index in [-0.39, 0.29) is 23.7 Å². The number of ketones is 1. The van der Waals surface area contributed by atoms with Gasteiger partial charge >= 0.3 is 5.97 Å². The van der Waals surface area contributed by atoms with Crippen LogP contribution in [0, 0.1) is 0 Å². The van der Waals surface area contributed by atoms with Gasteiger partial charge in [-0.3, -0.25) is 9.59 Å². The highest BCUT2D eigenvalue weighted by Gasteiger charge is 2.26. The van der Waals surface area contributed by atoms with Gasteiger partial charge in [0.05, 0.1) is 25.2 Å². The number of carbonyl (C=O) groups excluding carboxylic acids is 2. The van der Waals surface area contributed by atoms with Crippen LogP contribution in [0.1, 0.15) is 22.3 Å². The number of benzene rings is 3. The highest BCUT2D eigenvalue weighted by atomic mass is 32.2. The van der Waals surface area contributed by atoms with Crippen molar-refractivity contribution in [3.63, 3.8) is 0 Å². The number of morpholine rings is 1. The Hall–Kier alpha value is -3.27. The van der Waals surface area contributed by atoms with Crippen LogP contribution >= 0.6 is 0 Å². The van der Waals surface area contributed by atoms with Gasteiger partial charge < -0.3 is 14.2 Å². The van der Waals surface area contributed by atoms with Crippen LogP contribution in [-0.4, -0.2) is 64.5 Å². The fourth-order valence-electron chi connectivity index (χ4n) is 3.84. The molecule has 35 heavy (non-hydrogen) atoms. The van der Waals surface area contributed by atoms with Gasteiger partial charge in [0.1, 0.15) is 5.75 Å². The molecule has 0 amide bonds. The molecule has 8 nitrogen and oxygen atoms in total. The molecule has 1 aliphatic rings. The minimum absolute atomic E-state index is 0.0837. The molecule has 0 unspecified atom stereocenters. The quantitative estimate of drug-likeness (QED) is 0.331. The molecule has 0 radical (unpaired) electrons. The van der Waals surface area contributed by atoms with E-state index in [1.165, 1.54) is 4.31 Å². The van der Waals surface area contributed by atoms with Crippen molar-refractivity contribution < 1.29 is 32.2 Å². The van der Waals surface area contributed by atoms with Crippen LogP contribution in [0.3, 0.4) is 0 Å². The number of carbonyl (C=O) groups is 2. The number of rotatable bonds is 9. The third kappa shape index (κ3) is 6.05. The molecular weight excluding hydrogens is 470 g/mol. The van der Waals surface area contributed by atoms with Crippen LogP contribution in [0.4, 0.5) is 0 Å². The smallest absolute Gasteiger partial charge is 0.306 e. The van der Waals surface area contributed by atoms with Crippen LogP contribution in [0.2, 0.25) is 0 Å². The molecule has 0 N–H and O–H groups in total. The van der Waals surface area contributed by atoms with E-state index >= 15 is 0 Å². The van der Waals surface area contributed by atoms with Gasteiger partial charge in [0.25, 0.3) is 0 Å². The Bertz CT molecular complexity index is 1310. The fraction of sp³-hybridized carbons (Fsp3) is 0.308. The van der Waals surface area contributed by atoms with Crippen LogP contribution in [0.15, 0.2) is 65.6 Å². The number of esters is 1. The van der Waals surface area contributed by atoms with Gasteiger partial charge in [-0.2, -0.15) is 4.31 Å². The molecular formula is C26H27NO7S. The molecule has 0 saturated carbocycles. The first-order chi connectivity index (χ1) is 16.9. The fourth-order valence-corrected chi connectivity index (χ4v) is 5.24. The van der Waals surface area contributed by atoms with Crippen molar-refractivity contribution in [3.8, 4) is 5.75 Å². The zero-order valence-electron chi connectivity index (χ0n) is 19.4. The number of Topliss-reactive ketones (excluding diaryl/α,β-unsaturated/α-hetero) is 1. The molecule has 3 aromatic carbocycles. The second kappa shape index (κ2) is 11.0. The molecule has 4 rings (SSSR count). The number of fused-ring (bicyclic) bond motifs is 1. The van der Waals surface area contributed by atoms with E-state index in [2.05, 4.69) is 0 Å². The maximum absolute atomic E-state index is 12.7. The first-order valence-electron chi connectivity index (χ1n) is 11.3. The number of aryl methyl sites for hydroxylation is 1. The van der Waals surface area contributed by atoms with Crippen molar-refractivity contribution in [2.75, 3.05) is 40.0 Å². The summed E-state index contributed by atoms with van der Waals surface area (Å²) in [7, 11) is -1.96. The summed E-state index contributed by atoms with van der Waals surface area (Å²) < 4.78 is 42.4. The number of ether oxygens (including phenoxy) is 3. The molecule has 3 aromatic rings. The lowest BCUT2D eigenvalue weighted by atomic mass is 10.0. The summed E-state index contributed by atoms with van der Waals surface area (Å²) in [6.45, 7) is 1.11. The highest BCUT2D eigenvalue weighted by Crippen LogP contribution is 2.22. The van der Waals surface area contributed by atoms with Crippen molar-refractivity contribution in [2.45, 2.75) is 17.7 Å². The van der Waals surface area contributed by atoms with Crippen molar-refractivity contribution >= 4 is 32.5 Å². The molecule has 9 heteroatoms. The predicted octanol–water partition coefficient (Wildman–Crippen LogP) is 3.23. The lowest BCUT2D eigenvalue weighted by Crippen LogP contribution is -2.40. The highest BCUT2D eigenvalue weighted by molar-refractivity contribution is 7.89. The van der Waals surface area contributed by atoms with E-state index in [0.29, 0.717) is 38.3 Å². The second-order valence-corrected chi connectivity index (χ2v) is 10.1. The van der Waals surface area contributed by atoms with Crippen molar-refractivity contribution in [1.29, 1.82) is 0 Å². The van der Waals surface area contributed by atoms with E-state index in [1.54, 1.807) is 43.5 Å². The van der Waals surface area contributed by atoms with E-state index in [9.17, 15) is 18.0 Å². The van der Waals surface area contributed by atoms with E-state index in [0.717, 1.165) is 22.1 Å². The molecule has 0 bridgehead atoms. The molecule has 1 aliphatic heterocycles. The lowest BCUT2D eigenvalue weighted by Gasteiger charge is -2.26. The molecule has 1 fully saturated rings. The van der Waals surface area contributed by atoms with Gasteiger partial charge in [-0.25, -0.2) is 8.42 Å². The summed E-state index contributed by atoms with van der Waals surface area (Å²) >= 11 is 0. The van der Waals surface area contributed by atoms with Crippen LogP contribution in [0.25, 0.3) is 10.8 Å². The molecule has 0 aliphatic carbocycles. The summed E-state index contributed by atoms with van der Waals surface area (Å²) in [6.07, 6.45) is 0.461. The molecule has 0 atom stereocenters. The Morgan fingerprint density at radius 1 is 0.943 bits per heavy atom. The number of hydrogen-bond acceptors (Lipinski definition) is 7. The molecule has 184 valence electrons. The van der Waals surface area contributed by atoms with Crippen LogP contribution < -0.4 is 4.74 Å². The molecule has 0 spiro atoms. The summed E-state index contributed by atoms with van der Waals surface area (Å²) in [5, 5.41) is 1.84. The SMILES string of the molecule is COc1ccc2cc(C(=O)COC(=O)CCc3ccc(S(=O)(=O)N4CCOCC4)cc3)ccc2c1. The number of methoxy groups -OCH3 is 1. The average Bonchev–Trinajstić information content (AvgIpc) is 2.90. The number of hydrogen-bond donors (Lipinski definition) is 0. The zero-order valence-corrected chi connectivity index (χ0v) is 20.3. The maximum Gasteiger partial charge on any atom is 0.306 e. The first kappa shape index (κ1) is 24.8. The Labute approximate surface area is 204 Å². The topological polar surface area (TPSA) is 99.2 Å². The minimum atomic E-state index is -3.55. The van der Waals surface area contributed by atoms with E-state index in [4.69, 9.17) is 14.2 Å². The van der Waals surface area contributed by atoms with Crippen LogP contribution in [0.5, 0.6) is 5.75 Å². The lowest BCUT2D eigenvalue weighted by molar-refractivity contribution is -0.142. The normalized spacial score (nSPS) is 14.5. The first-order valence-corrected chi connectivity index (χ1v) is 12.7. The summed E-state index contributed by atoms with van der Waals surface area (Å²) in [5.74, 6) is -0.0403. The third-order valence-electron chi connectivity index (χ3n) is 5.88. The van der Waals surface area contributed by atoms with Crippen LogP contribution in [-0.2, 0) is 30.7 Å². The van der Waals surface area contributed by atoms with Gasteiger partial charge in [-0.1, -0.05) is 30.3 Å². The van der Waals surface area contributed by atoms with Crippen molar-refractivity contribution in [3.05, 3.63) is 71.8 Å². The third-order valence-corrected chi connectivity index (χ3v) is 7.80. The van der Waals surface area contributed by atoms with E-state index in [1.807, 2.05) is 24.3 Å². The van der Waals surface area contributed by atoms with Gasteiger partial charge in [-0.05, 0) is 53.1 Å². The average molecular weight is 498 g/mol. The Morgan fingerprint density at radius 2 is 1.63 bits per heavy atom. The largest absolute Gasteiger partial charge is 0.497 e. The van der Waals surface area contributed by atoms with Crippen molar-refractivity contribution in [2.24, 2.45) is 0 Å². The Kier molecular flexibility index (Phi) is 7.80. The van der Waals surface area contributed by atoms with Crippen molar-refractivity contribution in [1.82, 2.24) is 4.31 Å². The number of nitrogens with zero attached hydrogens (tertiary/aromatic N) is 1. The number of sulfonamides is 1. The predicted molar refractivity (Wildman–Crippen MR) is 130 cm³/mol. The minimum Gasteiger partial charge on any atom is -0.497 e. The van der Waals surface area contributed by atoms with Gasteiger partial charge in [0, 0.05) is 25.1 Å². The summed E-state index contributed by atoms with van der Waals surface area (Å²) in [6, 6.07) is 17.3. The monoisotopic (exact) mass is 497 g/mol. The molecule has 0 aromatic heterocycles. The maximum atomic E-state index is 12.7. The van der Waals surface area contributed by atoms with Gasteiger partial charge in [0.15, 0.2) is 12.4 Å². The Morgan fingerprint density at radius 3 is 2.34 bits per heavy atom. The van der Waals surface area contributed by atoms with Gasteiger partial charge in [0.2, 0.25) is 10.0 Å². The standard InChI is InChI=1S/C26H27NO7S/c1-32-23-8-7-20-16-22(6-5-21(20)17-23)25(28)18-34-26(29)11-4-19-2-9-24(10-3-19)35(30,31)27-12-14-33-15-13-27/h2-3,5-10,16-17H,4,11-15,18H2,1H3. The zero-order chi connectivity index (χ0) is 24.8. The second-order valence-electron chi connectivity index (χ2n) is 8.17. The molecule has 1 heterocycles. The van der Waals surface area contributed by atoms with E-state index < -0.39 is 16.0 Å². The summed E-state index contributed by atoms with van der Waals surface area (Å²) in [5.41, 5.74) is 1.27. The molecule has 1 saturated heterocycles. The Balaban J connectivity index is 1.27. The van der Waals surface area contributed by atoms with Gasteiger partial charge in [-0.15, -0.1) is 0 Å².